The van der Waals surface area contributed by atoms with Gasteiger partial charge in [-0.2, -0.15) is 0 Å². The molecule has 0 aliphatic carbocycles. The number of ether oxygens (including phenoxy) is 3. The van der Waals surface area contributed by atoms with E-state index in [1.807, 2.05) is 32.9 Å². The van der Waals surface area contributed by atoms with Gasteiger partial charge in [0.2, 0.25) is 0 Å². The number of carbonyl (C=O) groups excluding carboxylic acids is 1. The molecular formula is C19H29BrN2O4. The van der Waals surface area contributed by atoms with Gasteiger partial charge >= 0.3 is 6.09 Å². The normalized spacial score (nSPS) is 15.5. The van der Waals surface area contributed by atoms with Crippen LogP contribution in [-0.4, -0.2) is 44.1 Å². The first-order valence-electron chi connectivity index (χ1n) is 9.02. The number of nitrogens with one attached hydrogen (secondary N) is 2. The lowest BCUT2D eigenvalue weighted by atomic mass is 10.1. The van der Waals surface area contributed by atoms with Crippen molar-refractivity contribution in [2.24, 2.45) is 0 Å². The van der Waals surface area contributed by atoms with Crippen LogP contribution < -0.4 is 15.4 Å². The highest BCUT2D eigenvalue weighted by Crippen LogP contribution is 2.22. The molecule has 2 rings (SSSR count). The molecule has 1 aromatic rings. The predicted octanol–water partition coefficient (Wildman–Crippen LogP) is 3.62. The summed E-state index contributed by atoms with van der Waals surface area (Å²) in [6.45, 7) is 8.71. The summed E-state index contributed by atoms with van der Waals surface area (Å²) in [4.78, 5) is 11.6. The molecular weight excluding hydrogens is 400 g/mol. The fourth-order valence-electron chi connectivity index (χ4n) is 2.61. The molecule has 0 spiro atoms. The average molecular weight is 429 g/mol. The number of rotatable bonds is 7. The van der Waals surface area contributed by atoms with Gasteiger partial charge in [-0.3, -0.25) is 0 Å². The highest BCUT2D eigenvalue weighted by Gasteiger charge is 2.15. The number of amides is 1. The molecule has 1 fully saturated rings. The smallest absolute Gasteiger partial charge is 0.407 e. The average Bonchev–Trinajstić information content (AvgIpc) is 2.56. The van der Waals surface area contributed by atoms with Crippen molar-refractivity contribution in [1.82, 2.24) is 10.6 Å². The summed E-state index contributed by atoms with van der Waals surface area (Å²) in [6, 6.07) is 6.53. The molecule has 1 saturated heterocycles. The van der Waals surface area contributed by atoms with Crippen molar-refractivity contribution in [2.45, 2.75) is 51.8 Å². The maximum absolute atomic E-state index is 11.6. The van der Waals surface area contributed by atoms with E-state index in [1.54, 1.807) is 0 Å². The molecule has 26 heavy (non-hydrogen) atoms. The first-order chi connectivity index (χ1) is 12.3. The van der Waals surface area contributed by atoms with Crippen molar-refractivity contribution in [3.05, 3.63) is 28.2 Å². The van der Waals surface area contributed by atoms with Crippen LogP contribution >= 0.6 is 15.9 Å². The van der Waals surface area contributed by atoms with E-state index in [0.717, 1.165) is 48.4 Å². The molecule has 6 nitrogen and oxygen atoms in total. The minimum atomic E-state index is -0.498. The standard InChI is InChI=1S/C19H29BrN2O4/c1-19(2,3)26-18(23)21-6-9-25-17-11-14(10-15(20)12-17)13-22-16-4-7-24-8-5-16/h10-12,16,22H,4-9,13H2,1-3H3,(H,21,23). The molecule has 146 valence electrons. The maximum atomic E-state index is 11.6. The molecule has 7 heteroatoms. The van der Waals surface area contributed by atoms with Crippen molar-refractivity contribution >= 4 is 22.0 Å². The third-order valence-corrected chi connectivity index (χ3v) is 4.24. The summed E-state index contributed by atoms with van der Waals surface area (Å²) in [6.07, 6.45) is 1.66. The molecule has 0 aromatic heterocycles. The second-order valence-corrected chi connectivity index (χ2v) is 8.26. The SMILES string of the molecule is CC(C)(C)OC(=O)NCCOc1cc(Br)cc(CNC2CCOCC2)c1. The largest absolute Gasteiger partial charge is 0.492 e. The molecule has 0 unspecified atom stereocenters. The molecule has 2 N–H and O–H groups in total. The zero-order chi connectivity index (χ0) is 19.0. The minimum absolute atomic E-state index is 0.378. The van der Waals surface area contributed by atoms with Crippen LogP contribution in [0.2, 0.25) is 0 Å². The van der Waals surface area contributed by atoms with Crippen molar-refractivity contribution in [2.75, 3.05) is 26.4 Å². The summed E-state index contributed by atoms with van der Waals surface area (Å²) in [5.74, 6) is 0.772. The van der Waals surface area contributed by atoms with Crippen LogP contribution in [0, 0.1) is 0 Å². The number of halogens is 1. The van der Waals surface area contributed by atoms with Crippen molar-refractivity contribution < 1.29 is 19.0 Å². The van der Waals surface area contributed by atoms with Crippen LogP contribution in [0.15, 0.2) is 22.7 Å². The van der Waals surface area contributed by atoms with E-state index in [9.17, 15) is 4.79 Å². The molecule has 1 aliphatic rings. The van der Waals surface area contributed by atoms with Crippen LogP contribution in [-0.2, 0) is 16.0 Å². The Morgan fingerprint density at radius 1 is 1.27 bits per heavy atom. The quantitative estimate of drug-likeness (QED) is 0.648. The Bertz CT molecular complexity index is 583. The lowest BCUT2D eigenvalue weighted by Gasteiger charge is -2.23. The fourth-order valence-corrected chi connectivity index (χ4v) is 3.13. The molecule has 1 aliphatic heterocycles. The summed E-state index contributed by atoms with van der Waals surface area (Å²) in [5, 5.41) is 6.25. The van der Waals surface area contributed by atoms with E-state index < -0.39 is 11.7 Å². The predicted molar refractivity (Wildman–Crippen MR) is 105 cm³/mol. The summed E-state index contributed by atoms with van der Waals surface area (Å²) < 4.78 is 17.3. The van der Waals surface area contributed by atoms with Crippen LogP contribution in [0.3, 0.4) is 0 Å². The first kappa shape index (κ1) is 21.0. The van der Waals surface area contributed by atoms with E-state index in [1.165, 1.54) is 0 Å². The zero-order valence-electron chi connectivity index (χ0n) is 15.8. The highest BCUT2D eigenvalue weighted by atomic mass is 79.9. The third-order valence-electron chi connectivity index (χ3n) is 3.79. The number of carbonyl (C=O) groups is 1. The van der Waals surface area contributed by atoms with E-state index in [-0.39, 0.29) is 0 Å². The van der Waals surface area contributed by atoms with Gasteiger partial charge in [0.15, 0.2) is 0 Å². The number of hydrogen-bond donors (Lipinski definition) is 2. The van der Waals surface area contributed by atoms with Gasteiger partial charge < -0.3 is 24.8 Å². The van der Waals surface area contributed by atoms with Gasteiger partial charge in [0.1, 0.15) is 18.0 Å². The fraction of sp³-hybridized carbons (Fsp3) is 0.632. The van der Waals surface area contributed by atoms with Crippen LogP contribution in [0.5, 0.6) is 5.75 Å². The topological polar surface area (TPSA) is 68.8 Å². The maximum Gasteiger partial charge on any atom is 0.407 e. The summed E-state index contributed by atoms with van der Waals surface area (Å²) in [5.41, 5.74) is 0.655. The third kappa shape index (κ3) is 8.38. The second-order valence-electron chi connectivity index (χ2n) is 7.34. The van der Waals surface area contributed by atoms with Crippen LogP contribution in [0.25, 0.3) is 0 Å². The lowest BCUT2D eigenvalue weighted by molar-refractivity contribution is 0.0520. The monoisotopic (exact) mass is 428 g/mol. The van der Waals surface area contributed by atoms with Gasteiger partial charge in [0.05, 0.1) is 6.54 Å². The summed E-state index contributed by atoms with van der Waals surface area (Å²) >= 11 is 3.53. The highest BCUT2D eigenvalue weighted by molar-refractivity contribution is 9.10. The van der Waals surface area contributed by atoms with Crippen molar-refractivity contribution in [1.29, 1.82) is 0 Å². The van der Waals surface area contributed by atoms with Crippen LogP contribution in [0.1, 0.15) is 39.2 Å². The molecule has 1 aromatic carbocycles. The number of benzene rings is 1. The van der Waals surface area contributed by atoms with Crippen molar-refractivity contribution in [3.8, 4) is 5.75 Å². The number of alkyl carbamates (subject to hydrolysis) is 1. The lowest BCUT2D eigenvalue weighted by Crippen LogP contribution is -2.34. The van der Waals surface area contributed by atoms with Gasteiger partial charge in [-0.25, -0.2) is 4.79 Å². The van der Waals surface area contributed by atoms with E-state index in [0.29, 0.717) is 19.2 Å². The molecule has 0 atom stereocenters. The zero-order valence-corrected chi connectivity index (χ0v) is 17.4. The van der Waals surface area contributed by atoms with Gasteiger partial charge in [0.25, 0.3) is 0 Å². The Kier molecular flexibility index (Phi) is 8.18. The Morgan fingerprint density at radius 3 is 2.69 bits per heavy atom. The van der Waals surface area contributed by atoms with E-state index in [2.05, 4.69) is 32.6 Å². The van der Waals surface area contributed by atoms with Gasteiger partial charge in [0, 0.05) is 30.3 Å². The molecule has 0 bridgehead atoms. The molecule has 0 radical (unpaired) electrons. The Balaban J connectivity index is 1.75. The Labute approximate surface area is 164 Å². The van der Waals surface area contributed by atoms with Gasteiger partial charge in [-0.15, -0.1) is 0 Å². The van der Waals surface area contributed by atoms with Gasteiger partial charge in [-0.1, -0.05) is 15.9 Å². The van der Waals surface area contributed by atoms with Crippen molar-refractivity contribution in [3.63, 3.8) is 0 Å². The van der Waals surface area contributed by atoms with E-state index >= 15 is 0 Å². The first-order valence-corrected chi connectivity index (χ1v) is 9.81. The molecule has 1 amide bonds. The Hall–Kier alpha value is -1.31. The molecule has 0 saturated carbocycles. The van der Waals surface area contributed by atoms with E-state index in [4.69, 9.17) is 14.2 Å². The Morgan fingerprint density at radius 2 is 2.00 bits per heavy atom. The summed E-state index contributed by atoms with van der Waals surface area (Å²) in [7, 11) is 0. The van der Waals surface area contributed by atoms with Crippen LogP contribution in [0.4, 0.5) is 4.79 Å². The second kappa shape index (κ2) is 10.1. The number of hydrogen-bond acceptors (Lipinski definition) is 5. The molecule has 1 heterocycles. The van der Waals surface area contributed by atoms with Gasteiger partial charge in [-0.05, 0) is 57.4 Å². The minimum Gasteiger partial charge on any atom is -0.492 e.